The van der Waals surface area contributed by atoms with E-state index in [0.717, 1.165) is 12.8 Å². The fraction of sp³-hybridized carbons (Fsp3) is 1.00. The Hall–Kier alpha value is -0.0400. The Labute approximate surface area is 224 Å². The van der Waals surface area contributed by atoms with Crippen LogP contribution in [0.2, 0.25) is 0 Å². The van der Waals surface area contributed by atoms with Crippen LogP contribution in [0.5, 0.6) is 0 Å². The number of hydrogen-bond donors (Lipinski definition) is 1. The molecule has 0 aliphatic heterocycles. The van der Waals surface area contributed by atoms with Gasteiger partial charge in [0.1, 0.15) is 0 Å². The van der Waals surface area contributed by atoms with Crippen LogP contribution < -0.4 is 0 Å². The molecule has 0 spiro atoms. The molecule has 0 fully saturated rings. The highest BCUT2D eigenvalue weighted by Gasteiger charge is 2.04. The van der Waals surface area contributed by atoms with E-state index < -0.39 is 0 Å². The van der Waals surface area contributed by atoms with Crippen molar-refractivity contribution in [3.05, 3.63) is 0 Å². The number of aliphatic hydroxyl groups is 1. The van der Waals surface area contributed by atoms with Gasteiger partial charge in [-0.15, -0.1) is 0 Å². The van der Waals surface area contributed by atoms with Gasteiger partial charge in [-0.2, -0.15) is 0 Å². The van der Waals surface area contributed by atoms with Gasteiger partial charge in [0.15, 0.2) is 0 Å². The average molecular weight is 495 g/mol. The SMILES string of the molecule is CCCCCCCCCCCCCCCCCC(O)CCCCCCCCCCCCCCCC. The first-order valence-electron chi connectivity index (χ1n) is 17.0. The lowest BCUT2D eigenvalue weighted by atomic mass is 10.0. The maximum atomic E-state index is 10.2. The minimum Gasteiger partial charge on any atom is -0.393 e. The molecule has 1 atom stereocenters. The zero-order valence-electron chi connectivity index (χ0n) is 24.9. The van der Waals surface area contributed by atoms with E-state index in [1.54, 1.807) is 0 Å². The Kier molecular flexibility index (Phi) is 32.0. The molecule has 0 aromatic carbocycles. The fourth-order valence-electron chi connectivity index (χ4n) is 5.47. The average Bonchev–Trinajstić information content (AvgIpc) is 2.86. The Balaban J connectivity index is 3.13. The second kappa shape index (κ2) is 32.0. The van der Waals surface area contributed by atoms with E-state index in [-0.39, 0.29) is 6.10 Å². The summed E-state index contributed by atoms with van der Waals surface area (Å²) >= 11 is 0. The largest absolute Gasteiger partial charge is 0.393 e. The summed E-state index contributed by atoms with van der Waals surface area (Å²) < 4.78 is 0. The van der Waals surface area contributed by atoms with Gasteiger partial charge < -0.3 is 5.11 Å². The zero-order chi connectivity index (χ0) is 25.5. The summed E-state index contributed by atoms with van der Waals surface area (Å²) in [4.78, 5) is 0. The molecular weight excluding hydrogens is 424 g/mol. The molecule has 0 aromatic heterocycles. The van der Waals surface area contributed by atoms with Gasteiger partial charge in [-0.05, 0) is 12.8 Å². The standard InChI is InChI=1S/C34H70O/c1-3-5-7-9-11-13-15-17-19-21-23-25-27-29-31-33-34(35)32-30-28-26-24-22-20-18-16-14-12-10-8-6-4-2/h34-35H,3-33H2,1-2H3. The molecule has 0 bridgehead atoms. The van der Waals surface area contributed by atoms with Gasteiger partial charge in [-0.25, -0.2) is 0 Å². The molecule has 1 nitrogen and oxygen atoms in total. The van der Waals surface area contributed by atoms with Crippen molar-refractivity contribution in [3.63, 3.8) is 0 Å². The van der Waals surface area contributed by atoms with Crippen molar-refractivity contribution in [2.75, 3.05) is 0 Å². The minimum atomic E-state index is -0.0331. The van der Waals surface area contributed by atoms with Gasteiger partial charge in [-0.1, -0.05) is 200 Å². The smallest absolute Gasteiger partial charge is 0.0540 e. The predicted octanol–water partition coefficient (Wildman–Crippen LogP) is 12.5. The molecule has 212 valence electrons. The van der Waals surface area contributed by atoms with Crippen LogP contribution in [-0.2, 0) is 0 Å². The van der Waals surface area contributed by atoms with Crippen molar-refractivity contribution in [1.29, 1.82) is 0 Å². The summed E-state index contributed by atoms with van der Waals surface area (Å²) in [6, 6.07) is 0. The van der Waals surface area contributed by atoms with Crippen LogP contribution in [0.25, 0.3) is 0 Å². The Morgan fingerprint density at radius 1 is 0.286 bits per heavy atom. The minimum absolute atomic E-state index is 0.0331. The molecule has 35 heavy (non-hydrogen) atoms. The van der Waals surface area contributed by atoms with Crippen LogP contribution in [0.1, 0.15) is 213 Å². The van der Waals surface area contributed by atoms with Gasteiger partial charge in [-0.3, -0.25) is 0 Å². The van der Waals surface area contributed by atoms with Crippen LogP contribution in [-0.4, -0.2) is 11.2 Å². The second-order valence-corrected chi connectivity index (χ2v) is 11.8. The Morgan fingerprint density at radius 3 is 0.657 bits per heavy atom. The molecule has 0 amide bonds. The first-order valence-corrected chi connectivity index (χ1v) is 17.0. The monoisotopic (exact) mass is 495 g/mol. The van der Waals surface area contributed by atoms with E-state index in [0.29, 0.717) is 0 Å². The summed E-state index contributed by atoms with van der Waals surface area (Å²) in [7, 11) is 0. The lowest BCUT2D eigenvalue weighted by molar-refractivity contribution is 0.147. The molecule has 0 rings (SSSR count). The van der Waals surface area contributed by atoms with Gasteiger partial charge in [0.2, 0.25) is 0 Å². The van der Waals surface area contributed by atoms with E-state index in [9.17, 15) is 5.11 Å². The van der Waals surface area contributed by atoms with Crippen molar-refractivity contribution in [2.45, 2.75) is 219 Å². The number of aliphatic hydroxyl groups excluding tert-OH is 1. The van der Waals surface area contributed by atoms with Crippen LogP contribution in [0.15, 0.2) is 0 Å². The molecule has 0 aliphatic rings. The molecule has 0 radical (unpaired) electrons. The lowest BCUT2D eigenvalue weighted by Gasteiger charge is -2.10. The van der Waals surface area contributed by atoms with Gasteiger partial charge in [0.05, 0.1) is 6.10 Å². The first-order chi connectivity index (χ1) is 17.3. The summed E-state index contributed by atoms with van der Waals surface area (Å²) in [5, 5.41) is 10.2. The van der Waals surface area contributed by atoms with E-state index in [1.807, 2.05) is 0 Å². The number of unbranched alkanes of at least 4 members (excludes halogenated alkanes) is 27. The topological polar surface area (TPSA) is 20.2 Å². The highest BCUT2D eigenvalue weighted by Crippen LogP contribution is 2.17. The molecule has 1 N–H and O–H groups in total. The molecule has 0 aromatic rings. The van der Waals surface area contributed by atoms with Gasteiger partial charge in [0.25, 0.3) is 0 Å². The highest BCUT2D eigenvalue weighted by molar-refractivity contribution is 4.58. The lowest BCUT2D eigenvalue weighted by Crippen LogP contribution is -2.05. The van der Waals surface area contributed by atoms with Gasteiger partial charge >= 0.3 is 0 Å². The third kappa shape index (κ3) is 31.9. The normalized spacial score (nSPS) is 12.4. The molecule has 0 saturated heterocycles. The number of hydrogen-bond acceptors (Lipinski definition) is 1. The Bertz CT molecular complexity index is 352. The quantitative estimate of drug-likeness (QED) is 0.0950. The molecule has 0 heterocycles. The van der Waals surface area contributed by atoms with E-state index >= 15 is 0 Å². The van der Waals surface area contributed by atoms with E-state index in [4.69, 9.17) is 0 Å². The predicted molar refractivity (Wildman–Crippen MR) is 160 cm³/mol. The molecule has 1 heteroatoms. The molecular formula is C34H70O. The van der Waals surface area contributed by atoms with Crippen LogP contribution in [0, 0.1) is 0 Å². The summed E-state index contributed by atoms with van der Waals surface area (Å²) in [5.41, 5.74) is 0. The molecule has 0 saturated carbocycles. The van der Waals surface area contributed by atoms with Crippen molar-refractivity contribution < 1.29 is 5.11 Å². The molecule has 1 unspecified atom stereocenters. The summed E-state index contributed by atoms with van der Waals surface area (Å²) in [5.74, 6) is 0. The van der Waals surface area contributed by atoms with Crippen molar-refractivity contribution in [2.24, 2.45) is 0 Å². The third-order valence-electron chi connectivity index (χ3n) is 8.03. The second-order valence-electron chi connectivity index (χ2n) is 11.8. The van der Waals surface area contributed by atoms with Crippen LogP contribution >= 0.6 is 0 Å². The summed E-state index contributed by atoms with van der Waals surface area (Å²) in [6.45, 7) is 4.59. The zero-order valence-corrected chi connectivity index (χ0v) is 24.9. The maximum absolute atomic E-state index is 10.2. The Morgan fingerprint density at radius 2 is 0.457 bits per heavy atom. The van der Waals surface area contributed by atoms with Crippen molar-refractivity contribution in [1.82, 2.24) is 0 Å². The molecule has 0 aliphatic carbocycles. The van der Waals surface area contributed by atoms with E-state index in [1.165, 1.54) is 186 Å². The van der Waals surface area contributed by atoms with Crippen molar-refractivity contribution in [3.8, 4) is 0 Å². The third-order valence-corrected chi connectivity index (χ3v) is 8.03. The van der Waals surface area contributed by atoms with Crippen LogP contribution in [0.4, 0.5) is 0 Å². The number of rotatable bonds is 31. The highest BCUT2D eigenvalue weighted by atomic mass is 16.3. The van der Waals surface area contributed by atoms with Gasteiger partial charge in [0, 0.05) is 0 Å². The fourth-order valence-corrected chi connectivity index (χ4v) is 5.47. The van der Waals surface area contributed by atoms with Crippen LogP contribution in [0.3, 0.4) is 0 Å². The van der Waals surface area contributed by atoms with E-state index in [2.05, 4.69) is 13.8 Å². The van der Waals surface area contributed by atoms with Crippen molar-refractivity contribution >= 4 is 0 Å². The maximum Gasteiger partial charge on any atom is 0.0540 e. The first kappa shape index (κ1) is 35.0. The summed E-state index contributed by atoms with van der Waals surface area (Å²) in [6.07, 6.45) is 43.0.